The van der Waals surface area contributed by atoms with Crippen LogP contribution in [0.1, 0.15) is 24.7 Å². The molecule has 0 unspecified atom stereocenters. The average Bonchev–Trinajstić information content (AvgIpc) is 2.57. The Balaban J connectivity index is 2.05. The molecule has 0 aromatic carbocycles. The number of carboxylic acid groups (broad SMARTS) is 1. The summed E-state index contributed by atoms with van der Waals surface area (Å²) in [6.07, 6.45) is 2.19. The maximum atomic E-state index is 10.5. The zero-order chi connectivity index (χ0) is 12.4. The van der Waals surface area contributed by atoms with Gasteiger partial charge in [-0.25, -0.2) is 0 Å². The smallest absolute Gasteiger partial charge is 0.313 e. The van der Waals surface area contributed by atoms with E-state index in [1.807, 2.05) is 11.5 Å². The highest BCUT2D eigenvalue weighted by Crippen LogP contribution is 2.37. The van der Waals surface area contributed by atoms with E-state index in [0.717, 1.165) is 18.7 Å². The third-order valence-corrected chi connectivity index (χ3v) is 3.86. The Morgan fingerprint density at radius 3 is 2.88 bits per heavy atom. The Labute approximate surface area is 103 Å². The van der Waals surface area contributed by atoms with Gasteiger partial charge in [-0.2, -0.15) is 0 Å². The predicted octanol–water partition coefficient (Wildman–Crippen LogP) is 1.11. The molecule has 1 aliphatic rings. The first kappa shape index (κ1) is 12.4. The van der Waals surface area contributed by atoms with Crippen LogP contribution in [0.5, 0.6) is 0 Å². The summed E-state index contributed by atoms with van der Waals surface area (Å²) in [6, 6.07) is 0.339. The SMILES string of the molecule is COC1CC(n2c(C)nnc2SCC(=O)O)C1. The molecule has 1 saturated carbocycles. The van der Waals surface area contributed by atoms with Crippen molar-refractivity contribution in [2.45, 2.75) is 37.1 Å². The fourth-order valence-electron chi connectivity index (χ4n) is 1.94. The van der Waals surface area contributed by atoms with E-state index < -0.39 is 5.97 Å². The molecular weight excluding hydrogens is 242 g/mol. The zero-order valence-corrected chi connectivity index (χ0v) is 10.6. The number of aromatic nitrogens is 3. The molecule has 6 nitrogen and oxygen atoms in total. The number of ether oxygens (including phenoxy) is 1. The monoisotopic (exact) mass is 257 g/mol. The fourth-order valence-corrected chi connectivity index (χ4v) is 2.71. The van der Waals surface area contributed by atoms with Crippen LogP contribution in [0.3, 0.4) is 0 Å². The van der Waals surface area contributed by atoms with Crippen LogP contribution in [0.2, 0.25) is 0 Å². The van der Waals surface area contributed by atoms with Gasteiger partial charge in [-0.15, -0.1) is 10.2 Å². The van der Waals surface area contributed by atoms with E-state index in [0.29, 0.717) is 17.3 Å². The Morgan fingerprint density at radius 1 is 1.59 bits per heavy atom. The summed E-state index contributed by atoms with van der Waals surface area (Å²) >= 11 is 1.21. The molecule has 0 amide bonds. The van der Waals surface area contributed by atoms with E-state index in [-0.39, 0.29) is 5.75 Å². The molecule has 0 aliphatic heterocycles. The number of carboxylic acids is 1. The quantitative estimate of drug-likeness (QED) is 0.796. The van der Waals surface area contributed by atoms with Crippen molar-refractivity contribution in [3.05, 3.63) is 5.82 Å². The third kappa shape index (κ3) is 2.61. The molecule has 1 heterocycles. The van der Waals surface area contributed by atoms with Crippen LogP contribution in [0.15, 0.2) is 5.16 Å². The summed E-state index contributed by atoms with van der Waals surface area (Å²) in [5.41, 5.74) is 0. The topological polar surface area (TPSA) is 77.2 Å². The van der Waals surface area contributed by atoms with Gasteiger partial charge in [-0.3, -0.25) is 4.79 Å². The van der Waals surface area contributed by atoms with Crippen LogP contribution in [0, 0.1) is 6.92 Å². The highest BCUT2D eigenvalue weighted by atomic mass is 32.2. The van der Waals surface area contributed by atoms with Gasteiger partial charge < -0.3 is 14.4 Å². The Bertz CT molecular complexity index is 415. The molecular formula is C10H15N3O3S. The van der Waals surface area contributed by atoms with E-state index in [1.165, 1.54) is 11.8 Å². The van der Waals surface area contributed by atoms with Crippen molar-refractivity contribution < 1.29 is 14.6 Å². The number of hydrogen-bond donors (Lipinski definition) is 1. The number of aryl methyl sites for hydroxylation is 1. The highest BCUT2D eigenvalue weighted by Gasteiger charge is 2.33. The second kappa shape index (κ2) is 5.05. The number of methoxy groups -OCH3 is 1. The second-order valence-electron chi connectivity index (χ2n) is 4.07. The number of hydrogen-bond acceptors (Lipinski definition) is 5. The number of nitrogens with zero attached hydrogens (tertiary/aromatic N) is 3. The van der Waals surface area contributed by atoms with Gasteiger partial charge >= 0.3 is 5.97 Å². The Hall–Kier alpha value is -1.08. The number of thioether (sulfide) groups is 1. The summed E-state index contributed by atoms with van der Waals surface area (Å²) in [4.78, 5) is 10.5. The van der Waals surface area contributed by atoms with E-state index in [9.17, 15) is 4.79 Å². The minimum Gasteiger partial charge on any atom is -0.481 e. The lowest BCUT2D eigenvalue weighted by Gasteiger charge is -2.35. The van der Waals surface area contributed by atoms with Gasteiger partial charge in [0.1, 0.15) is 5.82 Å². The van der Waals surface area contributed by atoms with Crippen molar-refractivity contribution in [2.24, 2.45) is 0 Å². The van der Waals surface area contributed by atoms with E-state index in [2.05, 4.69) is 10.2 Å². The summed E-state index contributed by atoms with van der Waals surface area (Å²) < 4.78 is 7.25. The fraction of sp³-hybridized carbons (Fsp3) is 0.700. The molecule has 0 bridgehead atoms. The van der Waals surface area contributed by atoms with Crippen molar-refractivity contribution in [3.63, 3.8) is 0 Å². The van der Waals surface area contributed by atoms with Crippen LogP contribution in [-0.4, -0.2) is 44.8 Å². The lowest BCUT2D eigenvalue weighted by Crippen LogP contribution is -2.33. The van der Waals surface area contributed by atoms with Gasteiger partial charge in [0.05, 0.1) is 11.9 Å². The van der Waals surface area contributed by atoms with Gasteiger partial charge in [0.25, 0.3) is 0 Å². The molecule has 1 aromatic heterocycles. The molecule has 94 valence electrons. The number of rotatable bonds is 5. The predicted molar refractivity (Wildman–Crippen MR) is 62.2 cm³/mol. The largest absolute Gasteiger partial charge is 0.481 e. The molecule has 1 N–H and O–H groups in total. The van der Waals surface area contributed by atoms with E-state index in [4.69, 9.17) is 9.84 Å². The third-order valence-electron chi connectivity index (χ3n) is 2.93. The first-order valence-electron chi connectivity index (χ1n) is 5.40. The molecule has 0 saturated heterocycles. The second-order valence-corrected chi connectivity index (χ2v) is 5.01. The summed E-state index contributed by atoms with van der Waals surface area (Å²) in [6.45, 7) is 1.89. The zero-order valence-electron chi connectivity index (χ0n) is 9.79. The maximum Gasteiger partial charge on any atom is 0.313 e. The summed E-state index contributed by atoms with van der Waals surface area (Å²) in [5, 5.41) is 17.4. The summed E-state index contributed by atoms with van der Waals surface area (Å²) in [5.74, 6) is 0.00137. The molecule has 1 aliphatic carbocycles. The van der Waals surface area contributed by atoms with Crippen LogP contribution < -0.4 is 0 Å². The van der Waals surface area contributed by atoms with E-state index >= 15 is 0 Å². The Kier molecular flexibility index (Phi) is 3.68. The van der Waals surface area contributed by atoms with Gasteiger partial charge in [-0.05, 0) is 19.8 Å². The molecule has 0 atom stereocenters. The number of carbonyl (C=O) groups is 1. The molecule has 2 rings (SSSR count). The van der Waals surface area contributed by atoms with E-state index in [1.54, 1.807) is 7.11 Å². The first-order valence-corrected chi connectivity index (χ1v) is 6.39. The van der Waals surface area contributed by atoms with Gasteiger partial charge in [-0.1, -0.05) is 11.8 Å². The molecule has 7 heteroatoms. The van der Waals surface area contributed by atoms with Crippen LogP contribution in [0.4, 0.5) is 0 Å². The van der Waals surface area contributed by atoms with Gasteiger partial charge in [0.15, 0.2) is 5.16 Å². The van der Waals surface area contributed by atoms with Crippen LogP contribution in [0.25, 0.3) is 0 Å². The Morgan fingerprint density at radius 2 is 2.29 bits per heavy atom. The molecule has 1 fully saturated rings. The van der Waals surface area contributed by atoms with Gasteiger partial charge in [0, 0.05) is 13.2 Å². The van der Waals surface area contributed by atoms with Crippen molar-refractivity contribution in [2.75, 3.05) is 12.9 Å². The summed E-state index contributed by atoms with van der Waals surface area (Å²) in [7, 11) is 1.71. The van der Waals surface area contributed by atoms with Crippen molar-refractivity contribution in [1.82, 2.24) is 14.8 Å². The van der Waals surface area contributed by atoms with Crippen molar-refractivity contribution in [3.8, 4) is 0 Å². The molecule has 0 radical (unpaired) electrons. The van der Waals surface area contributed by atoms with Crippen molar-refractivity contribution >= 4 is 17.7 Å². The van der Waals surface area contributed by atoms with Crippen LogP contribution in [-0.2, 0) is 9.53 Å². The minimum absolute atomic E-state index is 0.0125. The maximum absolute atomic E-state index is 10.5. The van der Waals surface area contributed by atoms with Crippen LogP contribution >= 0.6 is 11.8 Å². The van der Waals surface area contributed by atoms with Gasteiger partial charge in [0.2, 0.25) is 0 Å². The standard InChI is InChI=1S/C10H15N3O3S/c1-6-11-12-10(17-5-9(14)15)13(6)7-3-8(4-7)16-2/h7-8H,3-5H2,1-2H3,(H,14,15). The molecule has 0 spiro atoms. The minimum atomic E-state index is -0.842. The molecule has 1 aromatic rings. The normalized spacial score (nSPS) is 23.4. The average molecular weight is 257 g/mol. The molecule has 17 heavy (non-hydrogen) atoms. The lowest BCUT2D eigenvalue weighted by atomic mass is 9.89. The number of aliphatic carboxylic acids is 1. The van der Waals surface area contributed by atoms with Crippen molar-refractivity contribution in [1.29, 1.82) is 0 Å². The first-order chi connectivity index (χ1) is 8.11. The lowest BCUT2D eigenvalue weighted by molar-refractivity contribution is -0.133. The highest BCUT2D eigenvalue weighted by molar-refractivity contribution is 7.99.